The molecule has 0 saturated heterocycles. The smallest absolute Gasteiger partial charge is 0.305 e. The van der Waals surface area contributed by atoms with Crippen LogP contribution in [0.1, 0.15) is 50.4 Å². The molecular weight excluding hydrogens is 246 g/mol. The molecule has 1 rings (SSSR count). The van der Waals surface area contributed by atoms with Gasteiger partial charge in [0.25, 0.3) is 0 Å². The molecule has 0 amide bonds. The molecule has 1 aromatic heterocycles. The summed E-state index contributed by atoms with van der Waals surface area (Å²) < 4.78 is 4.88. The second kappa shape index (κ2) is 9.11. The zero-order valence-corrected chi connectivity index (χ0v) is 12.1. The second-order valence-corrected chi connectivity index (χ2v) is 5.29. The van der Waals surface area contributed by atoms with Gasteiger partial charge in [-0.05, 0) is 44.7 Å². The summed E-state index contributed by atoms with van der Waals surface area (Å²) in [5.74, 6) is -0.0718. The van der Waals surface area contributed by atoms with E-state index in [0.717, 1.165) is 25.8 Å². The van der Waals surface area contributed by atoms with Gasteiger partial charge in [-0.2, -0.15) is 0 Å². The molecule has 0 aromatic carbocycles. The third-order valence-electron chi connectivity index (χ3n) is 2.78. The Morgan fingerprint density at radius 3 is 2.94 bits per heavy atom. The van der Waals surface area contributed by atoms with Gasteiger partial charge in [0.05, 0.1) is 6.61 Å². The van der Waals surface area contributed by atoms with E-state index in [9.17, 15) is 4.79 Å². The Labute approximate surface area is 114 Å². The van der Waals surface area contributed by atoms with Crippen molar-refractivity contribution < 1.29 is 9.53 Å². The molecule has 102 valence electrons. The molecule has 0 unspecified atom stereocenters. The zero-order valence-electron chi connectivity index (χ0n) is 11.3. The Balaban J connectivity index is 1.97. The van der Waals surface area contributed by atoms with Crippen molar-refractivity contribution >= 4 is 17.3 Å². The molecule has 0 aliphatic heterocycles. The maximum atomic E-state index is 11.1. The van der Waals surface area contributed by atoms with E-state index in [1.165, 1.54) is 4.88 Å². The molecule has 1 aromatic rings. The van der Waals surface area contributed by atoms with Crippen molar-refractivity contribution in [2.24, 2.45) is 0 Å². The zero-order chi connectivity index (χ0) is 13.2. The van der Waals surface area contributed by atoms with Crippen LogP contribution in [0.2, 0.25) is 0 Å². The van der Waals surface area contributed by atoms with Crippen molar-refractivity contribution in [2.75, 3.05) is 13.2 Å². The van der Waals surface area contributed by atoms with E-state index in [-0.39, 0.29) is 5.97 Å². The summed E-state index contributed by atoms with van der Waals surface area (Å²) in [6.07, 6.45) is 3.65. The summed E-state index contributed by atoms with van der Waals surface area (Å²) in [7, 11) is 0. The fourth-order valence-corrected chi connectivity index (χ4v) is 2.52. The average molecular weight is 269 g/mol. The highest BCUT2D eigenvalue weighted by atomic mass is 32.1. The lowest BCUT2D eigenvalue weighted by molar-refractivity contribution is -0.143. The Bertz CT molecular complexity index is 325. The Morgan fingerprint density at radius 2 is 2.28 bits per heavy atom. The first-order valence-electron chi connectivity index (χ1n) is 6.66. The second-order valence-electron chi connectivity index (χ2n) is 4.31. The largest absolute Gasteiger partial charge is 0.466 e. The number of ether oxygens (including phenoxy) is 1. The maximum absolute atomic E-state index is 11.1. The summed E-state index contributed by atoms with van der Waals surface area (Å²) in [5, 5.41) is 5.60. The van der Waals surface area contributed by atoms with Crippen LogP contribution in [0.5, 0.6) is 0 Å². The molecule has 0 radical (unpaired) electrons. The number of hydrogen-bond donors (Lipinski definition) is 1. The molecule has 1 heterocycles. The summed E-state index contributed by atoms with van der Waals surface area (Å²) >= 11 is 1.79. The molecule has 0 saturated carbocycles. The quantitative estimate of drug-likeness (QED) is 0.550. The first kappa shape index (κ1) is 15.2. The first-order chi connectivity index (χ1) is 8.74. The molecule has 18 heavy (non-hydrogen) atoms. The number of nitrogens with one attached hydrogen (secondary N) is 1. The summed E-state index contributed by atoms with van der Waals surface area (Å²) in [6.45, 7) is 5.51. The van der Waals surface area contributed by atoms with E-state index in [4.69, 9.17) is 4.74 Å². The van der Waals surface area contributed by atoms with Crippen LogP contribution in [-0.2, 0) is 9.53 Å². The standard InChI is InChI=1S/C14H23NO2S/c1-3-17-14(16)9-5-4-6-10-15-12(2)13-8-7-11-18-13/h7-8,11-12,15H,3-6,9-10H2,1-2H3/t12-/m0/s1. The van der Waals surface area contributed by atoms with Crippen LogP contribution >= 0.6 is 11.3 Å². The molecule has 0 aliphatic rings. The summed E-state index contributed by atoms with van der Waals surface area (Å²) in [4.78, 5) is 12.5. The number of carbonyl (C=O) groups is 1. The van der Waals surface area contributed by atoms with Crippen molar-refractivity contribution in [1.82, 2.24) is 5.32 Å². The van der Waals surface area contributed by atoms with Gasteiger partial charge in [-0.15, -0.1) is 11.3 Å². The predicted octanol–water partition coefficient (Wildman–Crippen LogP) is 3.52. The minimum Gasteiger partial charge on any atom is -0.466 e. The van der Waals surface area contributed by atoms with Crippen molar-refractivity contribution in [2.45, 2.75) is 45.6 Å². The lowest BCUT2D eigenvalue weighted by Crippen LogP contribution is -2.19. The Morgan fingerprint density at radius 1 is 1.44 bits per heavy atom. The van der Waals surface area contributed by atoms with E-state index >= 15 is 0 Å². The summed E-state index contributed by atoms with van der Waals surface area (Å²) in [6, 6.07) is 4.66. The van der Waals surface area contributed by atoms with Gasteiger partial charge in [0, 0.05) is 17.3 Å². The monoisotopic (exact) mass is 269 g/mol. The fraction of sp³-hybridized carbons (Fsp3) is 0.643. The van der Waals surface area contributed by atoms with E-state index in [1.54, 1.807) is 11.3 Å². The van der Waals surface area contributed by atoms with Gasteiger partial charge in [0.2, 0.25) is 0 Å². The van der Waals surface area contributed by atoms with Crippen LogP contribution in [0, 0.1) is 0 Å². The van der Waals surface area contributed by atoms with Crippen molar-refractivity contribution in [3.8, 4) is 0 Å². The molecular formula is C14H23NO2S. The first-order valence-corrected chi connectivity index (χ1v) is 7.54. The third kappa shape index (κ3) is 6.17. The highest BCUT2D eigenvalue weighted by Crippen LogP contribution is 2.17. The van der Waals surface area contributed by atoms with Gasteiger partial charge >= 0.3 is 5.97 Å². The van der Waals surface area contributed by atoms with E-state index < -0.39 is 0 Å². The molecule has 0 aliphatic carbocycles. The molecule has 0 fully saturated rings. The van der Waals surface area contributed by atoms with Gasteiger partial charge in [-0.3, -0.25) is 4.79 Å². The van der Waals surface area contributed by atoms with Gasteiger partial charge in [0.1, 0.15) is 0 Å². The van der Waals surface area contributed by atoms with Crippen LogP contribution in [0.25, 0.3) is 0 Å². The highest BCUT2D eigenvalue weighted by molar-refractivity contribution is 7.10. The minimum absolute atomic E-state index is 0.0718. The van der Waals surface area contributed by atoms with Gasteiger partial charge < -0.3 is 10.1 Å². The molecule has 1 atom stereocenters. The predicted molar refractivity (Wildman–Crippen MR) is 75.8 cm³/mol. The average Bonchev–Trinajstić information content (AvgIpc) is 2.87. The van der Waals surface area contributed by atoms with E-state index in [0.29, 0.717) is 19.1 Å². The van der Waals surface area contributed by atoms with Gasteiger partial charge in [-0.25, -0.2) is 0 Å². The molecule has 4 heteroatoms. The normalized spacial score (nSPS) is 12.3. The van der Waals surface area contributed by atoms with Crippen LogP contribution in [0.4, 0.5) is 0 Å². The number of rotatable bonds is 9. The number of esters is 1. The summed E-state index contributed by atoms with van der Waals surface area (Å²) in [5.41, 5.74) is 0. The van der Waals surface area contributed by atoms with E-state index in [1.807, 2.05) is 6.92 Å². The molecule has 1 N–H and O–H groups in total. The highest BCUT2D eigenvalue weighted by Gasteiger charge is 2.05. The van der Waals surface area contributed by atoms with Crippen LogP contribution in [0.3, 0.4) is 0 Å². The van der Waals surface area contributed by atoms with Crippen LogP contribution < -0.4 is 5.32 Å². The molecule has 0 spiro atoms. The van der Waals surface area contributed by atoms with Gasteiger partial charge in [0.15, 0.2) is 0 Å². The maximum Gasteiger partial charge on any atom is 0.305 e. The SMILES string of the molecule is CCOC(=O)CCCCCN[C@@H](C)c1cccs1. The van der Waals surface area contributed by atoms with Crippen LogP contribution in [-0.4, -0.2) is 19.1 Å². The molecule has 0 bridgehead atoms. The minimum atomic E-state index is -0.0718. The van der Waals surface area contributed by atoms with Crippen LogP contribution in [0.15, 0.2) is 17.5 Å². The number of carbonyl (C=O) groups excluding carboxylic acids is 1. The van der Waals surface area contributed by atoms with E-state index in [2.05, 4.69) is 29.8 Å². The number of thiophene rings is 1. The Kier molecular flexibility index (Phi) is 7.69. The number of unbranched alkanes of at least 4 members (excludes halogenated alkanes) is 2. The lowest BCUT2D eigenvalue weighted by atomic mass is 10.2. The van der Waals surface area contributed by atoms with Gasteiger partial charge in [-0.1, -0.05) is 12.5 Å². The van der Waals surface area contributed by atoms with Crippen molar-refractivity contribution in [3.63, 3.8) is 0 Å². The topological polar surface area (TPSA) is 38.3 Å². The number of hydrogen-bond acceptors (Lipinski definition) is 4. The van der Waals surface area contributed by atoms with Crippen molar-refractivity contribution in [3.05, 3.63) is 22.4 Å². The Hall–Kier alpha value is -0.870. The third-order valence-corrected chi connectivity index (χ3v) is 3.84. The lowest BCUT2D eigenvalue weighted by Gasteiger charge is -2.11. The van der Waals surface area contributed by atoms with Crippen molar-refractivity contribution in [1.29, 1.82) is 0 Å². The molecule has 3 nitrogen and oxygen atoms in total. The fourth-order valence-electron chi connectivity index (χ4n) is 1.76.